The highest BCUT2D eigenvalue weighted by molar-refractivity contribution is 4.64. The quantitative estimate of drug-likeness (QED) is 0.605. The van der Waals surface area contributed by atoms with Crippen molar-refractivity contribution in [3.8, 4) is 0 Å². The third-order valence-electron chi connectivity index (χ3n) is 2.71. The minimum absolute atomic E-state index is 0.551. The van der Waals surface area contributed by atoms with Gasteiger partial charge in [0, 0.05) is 19.7 Å². The van der Waals surface area contributed by atoms with Gasteiger partial charge in [-0.15, -0.1) is 0 Å². The Labute approximate surface area is 87.6 Å². The predicted molar refractivity (Wildman–Crippen MR) is 59.6 cm³/mol. The molecule has 0 aliphatic carbocycles. The van der Waals surface area contributed by atoms with Crippen LogP contribution >= 0.6 is 0 Å². The Morgan fingerprint density at radius 3 is 2.86 bits per heavy atom. The third-order valence-corrected chi connectivity index (χ3v) is 2.71. The molecule has 0 aromatic carbocycles. The standard InChI is InChI=1S/C11H24N2O/c1-12-8-9-13-7-4-6-11-5-2-3-10-14-11/h11-13H,2-10H2,1H3. The van der Waals surface area contributed by atoms with Crippen LogP contribution in [0.2, 0.25) is 0 Å². The Bertz CT molecular complexity index is 124. The van der Waals surface area contributed by atoms with Gasteiger partial charge in [0.1, 0.15) is 0 Å². The number of hydrogen-bond donors (Lipinski definition) is 2. The van der Waals surface area contributed by atoms with Gasteiger partial charge >= 0.3 is 0 Å². The number of hydrogen-bond acceptors (Lipinski definition) is 3. The normalized spacial score (nSPS) is 22.5. The summed E-state index contributed by atoms with van der Waals surface area (Å²) in [7, 11) is 1.98. The van der Waals surface area contributed by atoms with Crippen LogP contribution in [0, 0.1) is 0 Å². The molecule has 0 radical (unpaired) electrons. The minimum Gasteiger partial charge on any atom is -0.378 e. The molecule has 1 atom stereocenters. The molecule has 1 aliphatic heterocycles. The van der Waals surface area contributed by atoms with Crippen molar-refractivity contribution in [2.45, 2.75) is 38.2 Å². The summed E-state index contributed by atoms with van der Waals surface area (Å²) >= 11 is 0. The molecule has 1 rings (SSSR count). The first-order valence-electron chi connectivity index (χ1n) is 5.90. The van der Waals surface area contributed by atoms with Crippen molar-refractivity contribution in [3.05, 3.63) is 0 Å². The van der Waals surface area contributed by atoms with Gasteiger partial charge in [-0.2, -0.15) is 0 Å². The van der Waals surface area contributed by atoms with Gasteiger partial charge in [-0.1, -0.05) is 0 Å². The molecule has 0 spiro atoms. The summed E-state index contributed by atoms with van der Waals surface area (Å²) in [5.74, 6) is 0. The number of likely N-dealkylation sites (N-methyl/N-ethyl adjacent to an activating group) is 1. The fourth-order valence-corrected chi connectivity index (χ4v) is 1.83. The van der Waals surface area contributed by atoms with Gasteiger partial charge in [-0.25, -0.2) is 0 Å². The van der Waals surface area contributed by atoms with Crippen LogP contribution in [0.1, 0.15) is 32.1 Å². The van der Waals surface area contributed by atoms with Crippen LogP contribution in [-0.2, 0) is 4.74 Å². The molecule has 1 aliphatic rings. The van der Waals surface area contributed by atoms with Gasteiger partial charge in [0.15, 0.2) is 0 Å². The summed E-state index contributed by atoms with van der Waals surface area (Å²) < 4.78 is 5.67. The Kier molecular flexibility index (Phi) is 7.01. The lowest BCUT2D eigenvalue weighted by atomic mass is 10.0. The Hall–Kier alpha value is -0.120. The molecule has 14 heavy (non-hydrogen) atoms. The summed E-state index contributed by atoms with van der Waals surface area (Å²) in [6.07, 6.45) is 6.92. The molecule has 1 unspecified atom stereocenters. The van der Waals surface area contributed by atoms with E-state index < -0.39 is 0 Å². The van der Waals surface area contributed by atoms with Crippen molar-refractivity contribution in [1.29, 1.82) is 0 Å². The smallest absolute Gasteiger partial charge is 0.0575 e. The number of rotatable bonds is 7. The van der Waals surface area contributed by atoms with Crippen molar-refractivity contribution in [2.24, 2.45) is 0 Å². The molecular weight excluding hydrogens is 176 g/mol. The zero-order valence-corrected chi connectivity index (χ0v) is 9.35. The van der Waals surface area contributed by atoms with Crippen LogP contribution in [0.25, 0.3) is 0 Å². The molecule has 3 nitrogen and oxygen atoms in total. The van der Waals surface area contributed by atoms with E-state index in [-0.39, 0.29) is 0 Å². The molecule has 1 heterocycles. The molecule has 0 aromatic heterocycles. The van der Waals surface area contributed by atoms with Gasteiger partial charge in [-0.3, -0.25) is 0 Å². The zero-order valence-electron chi connectivity index (χ0n) is 9.35. The van der Waals surface area contributed by atoms with E-state index in [4.69, 9.17) is 4.74 Å². The average molecular weight is 200 g/mol. The lowest BCUT2D eigenvalue weighted by Crippen LogP contribution is -2.27. The monoisotopic (exact) mass is 200 g/mol. The highest BCUT2D eigenvalue weighted by Crippen LogP contribution is 2.16. The van der Waals surface area contributed by atoms with E-state index in [1.54, 1.807) is 0 Å². The van der Waals surface area contributed by atoms with E-state index in [2.05, 4.69) is 10.6 Å². The lowest BCUT2D eigenvalue weighted by molar-refractivity contribution is 0.0102. The molecule has 0 aromatic rings. The van der Waals surface area contributed by atoms with E-state index in [1.807, 2.05) is 7.05 Å². The van der Waals surface area contributed by atoms with E-state index in [9.17, 15) is 0 Å². The third kappa shape index (κ3) is 5.58. The number of ether oxygens (including phenoxy) is 1. The second kappa shape index (κ2) is 8.21. The maximum Gasteiger partial charge on any atom is 0.0575 e. The maximum absolute atomic E-state index is 5.67. The van der Waals surface area contributed by atoms with E-state index in [0.717, 1.165) is 26.2 Å². The Morgan fingerprint density at radius 2 is 2.14 bits per heavy atom. The molecule has 2 N–H and O–H groups in total. The van der Waals surface area contributed by atoms with Crippen LogP contribution in [-0.4, -0.2) is 39.4 Å². The highest BCUT2D eigenvalue weighted by Gasteiger charge is 2.12. The zero-order chi connectivity index (χ0) is 10.1. The minimum atomic E-state index is 0.551. The van der Waals surface area contributed by atoms with Crippen LogP contribution in [0.4, 0.5) is 0 Å². The van der Waals surface area contributed by atoms with E-state index in [0.29, 0.717) is 6.10 Å². The summed E-state index contributed by atoms with van der Waals surface area (Å²) in [5.41, 5.74) is 0. The number of nitrogens with one attached hydrogen (secondary N) is 2. The molecular formula is C11H24N2O. The molecule has 84 valence electrons. The van der Waals surface area contributed by atoms with Crippen LogP contribution in [0.3, 0.4) is 0 Å². The van der Waals surface area contributed by atoms with Crippen LogP contribution < -0.4 is 10.6 Å². The SMILES string of the molecule is CNCCNCCCC1CCCCO1. The molecule has 0 amide bonds. The van der Waals surface area contributed by atoms with Gasteiger partial charge in [0.05, 0.1) is 6.10 Å². The van der Waals surface area contributed by atoms with E-state index in [1.165, 1.54) is 32.1 Å². The second-order valence-corrected chi connectivity index (χ2v) is 3.98. The van der Waals surface area contributed by atoms with Crippen LogP contribution in [0.5, 0.6) is 0 Å². The van der Waals surface area contributed by atoms with E-state index >= 15 is 0 Å². The van der Waals surface area contributed by atoms with Crippen LogP contribution in [0.15, 0.2) is 0 Å². The van der Waals surface area contributed by atoms with Crippen molar-refractivity contribution in [1.82, 2.24) is 10.6 Å². The molecule has 3 heteroatoms. The second-order valence-electron chi connectivity index (χ2n) is 3.98. The molecule has 1 saturated heterocycles. The fraction of sp³-hybridized carbons (Fsp3) is 1.00. The first-order chi connectivity index (χ1) is 6.93. The van der Waals surface area contributed by atoms with Gasteiger partial charge in [0.2, 0.25) is 0 Å². The average Bonchev–Trinajstić information content (AvgIpc) is 2.25. The van der Waals surface area contributed by atoms with Crippen molar-refractivity contribution < 1.29 is 4.74 Å². The maximum atomic E-state index is 5.67. The molecule has 0 saturated carbocycles. The predicted octanol–water partition coefficient (Wildman–Crippen LogP) is 1.14. The fourth-order valence-electron chi connectivity index (χ4n) is 1.83. The van der Waals surface area contributed by atoms with Crippen molar-refractivity contribution >= 4 is 0 Å². The van der Waals surface area contributed by atoms with Gasteiger partial charge in [0.25, 0.3) is 0 Å². The largest absolute Gasteiger partial charge is 0.378 e. The summed E-state index contributed by atoms with van der Waals surface area (Å²) in [6.45, 7) is 4.24. The summed E-state index contributed by atoms with van der Waals surface area (Å²) in [5, 5.41) is 6.53. The molecule has 0 bridgehead atoms. The first kappa shape index (κ1) is 12.0. The summed E-state index contributed by atoms with van der Waals surface area (Å²) in [6, 6.07) is 0. The first-order valence-corrected chi connectivity index (χ1v) is 5.90. The Balaban J connectivity index is 1.82. The molecule has 1 fully saturated rings. The highest BCUT2D eigenvalue weighted by atomic mass is 16.5. The lowest BCUT2D eigenvalue weighted by Gasteiger charge is -2.22. The van der Waals surface area contributed by atoms with Crippen molar-refractivity contribution in [3.63, 3.8) is 0 Å². The Morgan fingerprint density at radius 1 is 1.21 bits per heavy atom. The van der Waals surface area contributed by atoms with Crippen molar-refractivity contribution in [2.75, 3.05) is 33.3 Å². The summed E-state index contributed by atoms with van der Waals surface area (Å²) in [4.78, 5) is 0. The topological polar surface area (TPSA) is 33.3 Å². The van der Waals surface area contributed by atoms with Gasteiger partial charge in [-0.05, 0) is 45.7 Å². The van der Waals surface area contributed by atoms with Gasteiger partial charge < -0.3 is 15.4 Å².